The Morgan fingerprint density at radius 1 is 1.06 bits per heavy atom. The maximum atomic E-state index is 5.60. The molecule has 17 heavy (non-hydrogen) atoms. The first kappa shape index (κ1) is 14.4. The van der Waals surface area contributed by atoms with Crippen molar-refractivity contribution in [2.24, 2.45) is 5.73 Å². The van der Waals surface area contributed by atoms with Crippen LogP contribution in [0.5, 0.6) is 0 Å². The quantitative estimate of drug-likeness (QED) is 0.674. The van der Waals surface area contributed by atoms with E-state index in [2.05, 4.69) is 70.2 Å². The summed E-state index contributed by atoms with van der Waals surface area (Å²) >= 11 is 2.22. The van der Waals surface area contributed by atoms with Gasteiger partial charge in [0.2, 0.25) is 0 Å². The minimum absolute atomic E-state index is 0.690. The first-order chi connectivity index (χ1) is 8.42. The standard InChI is InChI=1S/C14H14N.ClH.Pd/c15-11-10-13-8-4-5-9-14(13)12-6-2-1-3-7-12;;/h2-9H,10-11,15H2;1H;/q-1;;+2/p-1. The van der Waals surface area contributed by atoms with E-state index in [-0.39, 0.29) is 0 Å². The summed E-state index contributed by atoms with van der Waals surface area (Å²) in [5, 5.41) is 0. The van der Waals surface area contributed by atoms with Crippen molar-refractivity contribution in [1.82, 2.24) is 0 Å². The van der Waals surface area contributed by atoms with Crippen LogP contribution >= 0.6 is 9.53 Å². The predicted octanol–water partition coefficient (Wildman–Crippen LogP) is 3.34. The second-order valence-electron chi connectivity index (χ2n) is 3.48. The molecule has 2 N–H and O–H groups in total. The van der Waals surface area contributed by atoms with Crippen molar-refractivity contribution in [3.8, 4) is 11.1 Å². The van der Waals surface area contributed by atoms with Crippen LogP contribution in [0.25, 0.3) is 11.1 Å². The Bertz CT molecular complexity index is 431. The summed E-state index contributed by atoms with van der Waals surface area (Å²) in [4.78, 5) is 0. The summed E-state index contributed by atoms with van der Waals surface area (Å²) in [7, 11) is 4.49. The summed E-state index contributed by atoms with van der Waals surface area (Å²) < 4.78 is 0. The van der Waals surface area contributed by atoms with Gasteiger partial charge in [-0.15, -0.1) is 5.56 Å². The van der Waals surface area contributed by atoms with Gasteiger partial charge in [-0.1, -0.05) is 24.3 Å². The molecule has 0 aromatic heterocycles. The van der Waals surface area contributed by atoms with E-state index in [1.807, 2.05) is 12.1 Å². The van der Waals surface area contributed by atoms with E-state index in [4.69, 9.17) is 5.73 Å². The summed E-state index contributed by atoms with van der Waals surface area (Å²) in [5.74, 6) is 0. The van der Waals surface area contributed by atoms with E-state index in [0.29, 0.717) is 6.54 Å². The van der Waals surface area contributed by atoms with Gasteiger partial charge < -0.3 is 5.73 Å². The molecule has 0 heterocycles. The zero-order valence-electron chi connectivity index (χ0n) is 9.30. The van der Waals surface area contributed by atoms with Crippen LogP contribution in [0.4, 0.5) is 0 Å². The summed E-state index contributed by atoms with van der Waals surface area (Å²) in [6.45, 7) is 0.690. The van der Waals surface area contributed by atoms with Crippen molar-refractivity contribution in [3.63, 3.8) is 0 Å². The third-order valence-corrected chi connectivity index (χ3v) is 2.46. The number of rotatable bonds is 3. The fourth-order valence-electron chi connectivity index (χ4n) is 1.74. The van der Waals surface area contributed by atoms with Gasteiger partial charge in [-0.05, 0) is 24.1 Å². The van der Waals surface area contributed by atoms with Gasteiger partial charge in [-0.3, -0.25) is 0 Å². The molecule has 0 aliphatic carbocycles. The number of halogens is 1. The second kappa shape index (κ2) is 8.44. The summed E-state index contributed by atoms with van der Waals surface area (Å²) in [5.41, 5.74) is 9.42. The third kappa shape index (κ3) is 4.26. The van der Waals surface area contributed by atoms with Crippen molar-refractivity contribution in [2.45, 2.75) is 6.42 Å². The molecule has 92 valence electrons. The number of hydrogen-bond acceptors (Lipinski definition) is 1. The van der Waals surface area contributed by atoms with Gasteiger partial charge in [0.25, 0.3) is 0 Å². The molecule has 0 spiro atoms. The van der Waals surface area contributed by atoms with Crippen LogP contribution in [0, 0.1) is 6.07 Å². The number of benzene rings is 2. The second-order valence-corrected chi connectivity index (χ2v) is 3.48. The van der Waals surface area contributed by atoms with E-state index in [1.54, 1.807) is 0 Å². The van der Waals surface area contributed by atoms with Crippen LogP contribution in [-0.2, 0) is 24.6 Å². The molecule has 0 atom stereocenters. The maximum absolute atomic E-state index is 5.60. The van der Waals surface area contributed by atoms with Gasteiger partial charge in [0, 0.05) is 0 Å². The Morgan fingerprint density at radius 2 is 1.71 bits per heavy atom. The molecule has 0 amide bonds. The van der Waals surface area contributed by atoms with Crippen LogP contribution in [0.2, 0.25) is 0 Å². The van der Waals surface area contributed by atoms with Crippen molar-refractivity contribution < 1.29 is 18.2 Å². The summed E-state index contributed by atoms with van der Waals surface area (Å²) in [6, 6.07) is 19.5. The van der Waals surface area contributed by atoms with E-state index in [1.165, 1.54) is 16.7 Å². The molecule has 0 aliphatic rings. The molecule has 0 unspecified atom stereocenters. The average molecular weight is 338 g/mol. The zero-order valence-corrected chi connectivity index (χ0v) is 11.6. The Morgan fingerprint density at radius 3 is 2.35 bits per heavy atom. The Kier molecular flexibility index (Phi) is 7.16. The van der Waals surface area contributed by atoms with Gasteiger partial charge in [0.05, 0.1) is 0 Å². The normalized spacial score (nSPS) is 9.41. The molecule has 0 aliphatic heterocycles. The fourth-order valence-corrected chi connectivity index (χ4v) is 1.74. The van der Waals surface area contributed by atoms with Crippen molar-refractivity contribution in [2.75, 3.05) is 6.54 Å². The molecule has 2 aromatic carbocycles. The SMILES string of the molecule is NCCc1ccccc1-c1cc[c-]cc1.[Cl][Pd+]. The molecule has 0 saturated heterocycles. The van der Waals surface area contributed by atoms with Crippen molar-refractivity contribution in [1.29, 1.82) is 0 Å². The molecule has 1 nitrogen and oxygen atoms in total. The van der Waals surface area contributed by atoms with Crippen molar-refractivity contribution >= 4 is 9.53 Å². The van der Waals surface area contributed by atoms with Crippen LogP contribution in [0.15, 0.2) is 48.5 Å². The van der Waals surface area contributed by atoms with E-state index in [9.17, 15) is 0 Å². The molecule has 2 rings (SSSR count). The molecule has 0 bridgehead atoms. The Labute approximate surface area is 117 Å². The molecule has 3 heteroatoms. The molecule has 0 fully saturated rings. The molecule has 2 aromatic rings. The molecular weight excluding hydrogens is 324 g/mol. The predicted molar refractivity (Wildman–Crippen MR) is 69.3 cm³/mol. The van der Waals surface area contributed by atoms with Gasteiger partial charge in [-0.25, -0.2) is 0 Å². The Hall–Kier alpha value is -0.648. The fraction of sp³-hybridized carbons (Fsp3) is 0.143. The minimum atomic E-state index is 0.690. The molecule has 0 radical (unpaired) electrons. The van der Waals surface area contributed by atoms with E-state index in [0.717, 1.165) is 6.42 Å². The number of nitrogens with two attached hydrogens (primary N) is 1. The summed E-state index contributed by atoms with van der Waals surface area (Å²) in [6.07, 6.45) is 0.925. The number of hydrogen-bond donors (Lipinski definition) is 1. The van der Waals surface area contributed by atoms with Gasteiger partial charge >= 0.3 is 27.7 Å². The van der Waals surface area contributed by atoms with Gasteiger partial charge in [-0.2, -0.15) is 30.3 Å². The van der Waals surface area contributed by atoms with Gasteiger partial charge in [0.1, 0.15) is 0 Å². The van der Waals surface area contributed by atoms with Crippen LogP contribution < -0.4 is 5.73 Å². The van der Waals surface area contributed by atoms with Crippen LogP contribution in [-0.4, -0.2) is 6.54 Å². The topological polar surface area (TPSA) is 26.0 Å². The van der Waals surface area contributed by atoms with E-state index >= 15 is 0 Å². The zero-order chi connectivity index (χ0) is 12.5. The van der Waals surface area contributed by atoms with Gasteiger partial charge in [0.15, 0.2) is 0 Å². The van der Waals surface area contributed by atoms with Crippen LogP contribution in [0.1, 0.15) is 5.56 Å². The third-order valence-electron chi connectivity index (χ3n) is 2.46. The van der Waals surface area contributed by atoms with Crippen LogP contribution in [0.3, 0.4) is 0 Å². The average Bonchev–Trinajstić information content (AvgIpc) is 2.43. The first-order valence-electron chi connectivity index (χ1n) is 5.28. The van der Waals surface area contributed by atoms with Crippen molar-refractivity contribution in [3.05, 3.63) is 60.2 Å². The first-order valence-corrected chi connectivity index (χ1v) is 7.28. The van der Waals surface area contributed by atoms with E-state index < -0.39 is 0 Å². The monoisotopic (exact) mass is 337 g/mol. The Balaban J connectivity index is 0.000000686. The molecule has 0 saturated carbocycles. The molecular formula is C14H14ClNPd.